The van der Waals surface area contributed by atoms with Crippen molar-refractivity contribution in [3.05, 3.63) is 72.6 Å². The Labute approximate surface area is 149 Å². The first-order chi connectivity index (χ1) is 12.7. The predicted molar refractivity (Wildman–Crippen MR) is 100 cm³/mol. The van der Waals surface area contributed by atoms with Crippen molar-refractivity contribution in [1.29, 1.82) is 0 Å². The zero-order valence-corrected chi connectivity index (χ0v) is 14.1. The van der Waals surface area contributed by atoms with Gasteiger partial charge in [0, 0.05) is 29.5 Å². The van der Waals surface area contributed by atoms with E-state index in [-0.39, 0.29) is 5.97 Å². The number of hydrogen-bond acceptors (Lipinski definition) is 5. The molecule has 0 radical (unpaired) electrons. The number of fused-ring (bicyclic) bond motifs is 1. The molecule has 6 heteroatoms. The maximum atomic E-state index is 11.5. The van der Waals surface area contributed by atoms with Crippen molar-refractivity contribution in [3.63, 3.8) is 0 Å². The summed E-state index contributed by atoms with van der Waals surface area (Å²) in [5.41, 5.74) is 4.14. The first-order valence-electron chi connectivity index (χ1n) is 8.08. The highest BCUT2D eigenvalue weighted by Crippen LogP contribution is 2.25. The van der Waals surface area contributed by atoms with Crippen molar-refractivity contribution < 1.29 is 9.53 Å². The van der Waals surface area contributed by atoms with Gasteiger partial charge in [-0.05, 0) is 42.5 Å². The van der Waals surface area contributed by atoms with Crippen LogP contribution in [0.4, 0.5) is 11.5 Å². The van der Waals surface area contributed by atoms with Crippen LogP contribution in [-0.2, 0) is 4.74 Å². The van der Waals surface area contributed by atoms with Crippen LogP contribution < -0.4 is 5.32 Å². The Kier molecular flexibility index (Phi) is 4.07. The van der Waals surface area contributed by atoms with E-state index >= 15 is 0 Å². The van der Waals surface area contributed by atoms with Gasteiger partial charge >= 0.3 is 5.97 Å². The van der Waals surface area contributed by atoms with Crippen molar-refractivity contribution in [1.82, 2.24) is 15.0 Å². The minimum absolute atomic E-state index is 0.357. The second kappa shape index (κ2) is 6.68. The van der Waals surface area contributed by atoms with Crippen LogP contribution in [0.1, 0.15) is 10.4 Å². The molecule has 0 amide bonds. The number of aromatic amines is 1. The normalized spacial score (nSPS) is 10.7. The summed E-state index contributed by atoms with van der Waals surface area (Å²) >= 11 is 0. The third-order valence-electron chi connectivity index (χ3n) is 4.02. The van der Waals surface area contributed by atoms with Gasteiger partial charge in [0.05, 0.1) is 29.6 Å². The summed E-state index contributed by atoms with van der Waals surface area (Å²) in [6.45, 7) is 0. The number of methoxy groups -OCH3 is 1. The van der Waals surface area contributed by atoms with Crippen LogP contribution in [0.3, 0.4) is 0 Å². The maximum Gasteiger partial charge on any atom is 0.337 e. The summed E-state index contributed by atoms with van der Waals surface area (Å²) < 4.78 is 4.70. The van der Waals surface area contributed by atoms with E-state index in [1.54, 1.807) is 18.3 Å². The SMILES string of the molecule is COC(=O)c1ccc(Nc2cc3[nH]c(-c4ccccn4)cc3cn2)cc1. The van der Waals surface area contributed by atoms with Crippen LogP contribution in [0.25, 0.3) is 22.3 Å². The van der Waals surface area contributed by atoms with E-state index in [1.807, 2.05) is 48.7 Å². The van der Waals surface area contributed by atoms with Crippen LogP contribution in [0.5, 0.6) is 0 Å². The zero-order valence-electron chi connectivity index (χ0n) is 14.1. The molecule has 0 saturated heterocycles. The lowest BCUT2D eigenvalue weighted by Crippen LogP contribution is -2.01. The van der Waals surface area contributed by atoms with Crippen LogP contribution >= 0.6 is 0 Å². The molecule has 1 aromatic carbocycles. The van der Waals surface area contributed by atoms with E-state index < -0.39 is 0 Å². The number of nitrogens with one attached hydrogen (secondary N) is 2. The fourth-order valence-electron chi connectivity index (χ4n) is 2.71. The van der Waals surface area contributed by atoms with Crippen LogP contribution in [0.2, 0.25) is 0 Å². The van der Waals surface area contributed by atoms with Gasteiger partial charge in [-0.2, -0.15) is 0 Å². The Morgan fingerprint density at radius 3 is 2.65 bits per heavy atom. The van der Waals surface area contributed by atoms with Gasteiger partial charge in [0.25, 0.3) is 0 Å². The highest BCUT2D eigenvalue weighted by molar-refractivity contribution is 5.90. The van der Waals surface area contributed by atoms with Crippen molar-refractivity contribution in [2.24, 2.45) is 0 Å². The number of rotatable bonds is 4. The third-order valence-corrected chi connectivity index (χ3v) is 4.02. The van der Waals surface area contributed by atoms with Gasteiger partial charge in [0.15, 0.2) is 0 Å². The molecular formula is C20H16N4O2. The van der Waals surface area contributed by atoms with Crippen molar-refractivity contribution in [2.75, 3.05) is 12.4 Å². The summed E-state index contributed by atoms with van der Waals surface area (Å²) in [5, 5.41) is 4.24. The molecule has 0 unspecified atom stereocenters. The summed E-state index contributed by atoms with van der Waals surface area (Å²) in [5.74, 6) is 0.349. The van der Waals surface area contributed by atoms with Crippen molar-refractivity contribution in [2.45, 2.75) is 0 Å². The second-order valence-electron chi connectivity index (χ2n) is 5.75. The molecule has 3 heterocycles. The van der Waals surface area contributed by atoms with Gasteiger partial charge in [-0.3, -0.25) is 4.98 Å². The topological polar surface area (TPSA) is 79.9 Å². The molecule has 4 rings (SSSR count). The number of aromatic nitrogens is 3. The number of anilines is 2. The van der Waals surface area contributed by atoms with Gasteiger partial charge in [-0.1, -0.05) is 6.07 Å². The molecule has 0 aliphatic heterocycles. The number of hydrogen-bond donors (Lipinski definition) is 2. The van der Waals surface area contributed by atoms with E-state index in [0.29, 0.717) is 11.4 Å². The quantitative estimate of drug-likeness (QED) is 0.544. The maximum absolute atomic E-state index is 11.5. The van der Waals surface area contributed by atoms with E-state index in [9.17, 15) is 4.79 Å². The fourth-order valence-corrected chi connectivity index (χ4v) is 2.71. The molecule has 2 N–H and O–H groups in total. The monoisotopic (exact) mass is 344 g/mol. The van der Waals surface area contributed by atoms with Gasteiger partial charge in [-0.15, -0.1) is 0 Å². The molecule has 0 spiro atoms. The highest BCUT2D eigenvalue weighted by Gasteiger charge is 2.07. The Balaban J connectivity index is 1.58. The Morgan fingerprint density at radius 1 is 1.08 bits per heavy atom. The number of esters is 1. The number of ether oxygens (including phenoxy) is 1. The first-order valence-corrected chi connectivity index (χ1v) is 8.08. The summed E-state index contributed by atoms with van der Waals surface area (Å²) in [6, 6.07) is 16.8. The van der Waals surface area contributed by atoms with Gasteiger partial charge < -0.3 is 15.0 Å². The van der Waals surface area contributed by atoms with E-state index in [4.69, 9.17) is 4.74 Å². The molecular weight excluding hydrogens is 328 g/mol. The molecule has 6 nitrogen and oxygen atoms in total. The van der Waals surface area contributed by atoms with E-state index in [1.165, 1.54) is 7.11 Å². The highest BCUT2D eigenvalue weighted by atomic mass is 16.5. The largest absolute Gasteiger partial charge is 0.465 e. The molecule has 26 heavy (non-hydrogen) atoms. The number of nitrogens with zero attached hydrogens (tertiary/aromatic N) is 2. The number of benzene rings is 1. The number of pyridine rings is 2. The zero-order chi connectivity index (χ0) is 17.9. The number of H-pyrrole nitrogens is 1. The average Bonchev–Trinajstić information content (AvgIpc) is 3.12. The molecule has 3 aromatic heterocycles. The third kappa shape index (κ3) is 3.12. The van der Waals surface area contributed by atoms with Crippen LogP contribution in [0, 0.1) is 0 Å². The Morgan fingerprint density at radius 2 is 1.92 bits per heavy atom. The Bertz CT molecular complexity index is 1060. The van der Waals surface area contributed by atoms with Crippen molar-refractivity contribution in [3.8, 4) is 11.4 Å². The van der Waals surface area contributed by atoms with Crippen LogP contribution in [-0.4, -0.2) is 28.0 Å². The molecule has 0 saturated carbocycles. The molecule has 0 fully saturated rings. The minimum atomic E-state index is -0.357. The fraction of sp³-hybridized carbons (Fsp3) is 0.0500. The van der Waals surface area contributed by atoms with Crippen molar-refractivity contribution >= 4 is 28.4 Å². The van der Waals surface area contributed by atoms with Gasteiger partial charge in [-0.25, -0.2) is 9.78 Å². The van der Waals surface area contributed by atoms with E-state index in [0.717, 1.165) is 28.0 Å². The van der Waals surface area contributed by atoms with Gasteiger partial charge in [0.1, 0.15) is 5.82 Å². The number of carbonyl (C=O) groups is 1. The summed E-state index contributed by atoms with van der Waals surface area (Å²) in [7, 11) is 1.36. The lowest BCUT2D eigenvalue weighted by Gasteiger charge is -2.06. The lowest BCUT2D eigenvalue weighted by atomic mass is 10.2. The lowest BCUT2D eigenvalue weighted by molar-refractivity contribution is 0.0601. The van der Waals surface area contributed by atoms with Crippen LogP contribution in [0.15, 0.2) is 67.0 Å². The average molecular weight is 344 g/mol. The standard InChI is InChI=1S/C20H16N4O2/c1-26-20(25)13-5-7-15(8-6-13)23-19-11-17-14(12-22-19)10-18(24-17)16-4-2-3-9-21-16/h2-12,24H,1H3,(H,22,23). The summed E-state index contributed by atoms with van der Waals surface area (Å²) in [4.78, 5) is 23.6. The number of carbonyl (C=O) groups excluding carboxylic acids is 1. The minimum Gasteiger partial charge on any atom is -0.465 e. The smallest absolute Gasteiger partial charge is 0.337 e. The molecule has 0 aliphatic rings. The van der Waals surface area contributed by atoms with Gasteiger partial charge in [0.2, 0.25) is 0 Å². The molecule has 128 valence electrons. The molecule has 4 aromatic rings. The molecule has 0 aliphatic carbocycles. The molecule has 0 atom stereocenters. The predicted octanol–water partition coefficient (Wildman–Crippen LogP) is 4.16. The summed E-state index contributed by atoms with van der Waals surface area (Å²) in [6.07, 6.45) is 3.58. The molecule has 0 bridgehead atoms. The Hall–Kier alpha value is -3.67. The first kappa shape index (κ1) is 15.8. The van der Waals surface area contributed by atoms with E-state index in [2.05, 4.69) is 20.3 Å². The second-order valence-corrected chi connectivity index (χ2v) is 5.75.